The summed E-state index contributed by atoms with van der Waals surface area (Å²) >= 11 is 11.0. The molecule has 0 aliphatic carbocycles. The summed E-state index contributed by atoms with van der Waals surface area (Å²) in [6.07, 6.45) is 1.69. The van der Waals surface area contributed by atoms with Gasteiger partial charge in [0.1, 0.15) is 4.34 Å². The molecule has 1 aromatic rings. The number of rotatable bonds is 3. The minimum Gasteiger partial charge on any atom is -0.481 e. The van der Waals surface area contributed by atoms with Crippen molar-refractivity contribution in [3.63, 3.8) is 0 Å². The molecule has 0 radical (unpaired) electrons. The molecule has 2 heterocycles. The molecule has 0 saturated carbocycles. The second kappa shape index (κ2) is 5.49. The van der Waals surface area contributed by atoms with Gasteiger partial charge in [-0.1, -0.05) is 11.6 Å². The summed E-state index contributed by atoms with van der Waals surface area (Å²) in [4.78, 5) is 14.6. The molecular formula is C12H15BrClNO2S. The number of carboxylic acids is 1. The Kier molecular flexibility index (Phi) is 4.36. The number of piperidine rings is 1. The van der Waals surface area contributed by atoms with Crippen molar-refractivity contribution in [2.45, 2.75) is 26.3 Å². The Morgan fingerprint density at radius 3 is 3.00 bits per heavy atom. The van der Waals surface area contributed by atoms with Gasteiger partial charge in [0, 0.05) is 22.4 Å². The summed E-state index contributed by atoms with van der Waals surface area (Å²) in [5.74, 6) is -0.697. The van der Waals surface area contributed by atoms with Crippen molar-refractivity contribution in [3.8, 4) is 0 Å². The van der Waals surface area contributed by atoms with E-state index in [2.05, 4.69) is 20.8 Å². The Morgan fingerprint density at radius 2 is 2.44 bits per heavy atom. The standard InChI is InChI=1S/C12H15BrClNO2S/c1-12(11(16)17)3-2-4-15(7-12)6-8-5-9(13)10(14)18-8/h5H,2-4,6-7H2,1H3,(H,16,17). The molecule has 6 heteroatoms. The van der Waals surface area contributed by atoms with E-state index in [-0.39, 0.29) is 0 Å². The van der Waals surface area contributed by atoms with E-state index in [1.165, 1.54) is 4.88 Å². The Bertz CT molecular complexity index is 445. The van der Waals surface area contributed by atoms with Gasteiger partial charge in [-0.15, -0.1) is 11.3 Å². The number of halogens is 2. The normalized spacial score (nSPS) is 25.3. The fourth-order valence-corrected chi connectivity index (χ4v) is 4.18. The lowest BCUT2D eigenvalue weighted by atomic mass is 9.82. The quantitative estimate of drug-likeness (QED) is 0.898. The number of likely N-dealkylation sites (tertiary alicyclic amines) is 1. The monoisotopic (exact) mass is 351 g/mol. The van der Waals surface area contributed by atoms with Gasteiger partial charge in [0.25, 0.3) is 0 Å². The van der Waals surface area contributed by atoms with E-state index in [9.17, 15) is 9.90 Å². The van der Waals surface area contributed by atoms with Crippen LogP contribution in [0, 0.1) is 5.41 Å². The number of hydrogen-bond acceptors (Lipinski definition) is 3. The van der Waals surface area contributed by atoms with Crippen molar-refractivity contribution in [3.05, 3.63) is 19.8 Å². The molecule has 1 atom stereocenters. The lowest BCUT2D eigenvalue weighted by Gasteiger charge is -2.37. The first kappa shape index (κ1) is 14.3. The second-order valence-electron chi connectivity index (χ2n) is 5.01. The smallest absolute Gasteiger partial charge is 0.310 e. The van der Waals surface area contributed by atoms with Gasteiger partial charge in [-0.2, -0.15) is 0 Å². The molecule has 1 fully saturated rings. The third kappa shape index (κ3) is 3.07. The van der Waals surface area contributed by atoms with Crippen molar-refractivity contribution in [2.24, 2.45) is 5.41 Å². The first-order chi connectivity index (χ1) is 8.40. The van der Waals surface area contributed by atoms with E-state index in [1.807, 2.05) is 13.0 Å². The summed E-state index contributed by atoms with van der Waals surface area (Å²) in [6, 6.07) is 2.01. The fraction of sp³-hybridized carbons (Fsp3) is 0.583. The van der Waals surface area contributed by atoms with Crippen molar-refractivity contribution >= 4 is 44.8 Å². The Balaban J connectivity index is 2.04. The second-order valence-corrected chi connectivity index (χ2v) is 7.61. The number of carboxylic acid groups (broad SMARTS) is 1. The van der Waals surface area contributed by atoms with E-state index in [1.54, 1.807) is 11.3 Å². The SMILES string of the molecule is CC1(C(=O)O)CCCN(Cc2cc(Br)c(Cl)s2)C1. The van der Waals surface area contributed by atoms with E-state index >= 15 is 0 Å². The van der Waals surface area contributed by atoms with Gasteiger partial charge in [0.05, 0.1) is 5.41 Å². The molecule has 2 rings (SSSR count). The molecule has 18 heavy (non-hydrogen) atoms. The van der Waals surface area contributed by atoms with Gasteiger partial charge >= 0.3 is 5.97 Å². The van der Waals surface area contributed by atoms with E-state index < -0.39 is 11.4 Å². The zero-order chi connectivity index (χ0) is 13.3. The topological polar surface area (TPSA) is 40.5 Å². The van der Waals surface area contributed by atoms with Crippen LogP contribution in [0.25, 0.3) is 0 Å². The summed E-state index contributed by atoms with van der Waals surface area (Å²) in [5.41, 5.74) is -0.615. The van der Waals surface area contributed by atoms with Gasteiger partial charge < -0.3 is 5.11 Å². The van der Waals surface area contributed by atoms with E-state index in [0.29, 0.717) is 6.54 Å². The molecule has 1 aromatic heterocycles. The summed E-state index contributed by atoms with van der Waals surface area (Å²) in [7, 11) is 0. The third-order valence-electron chi connectivity index (χ3n) is 3.37. The molecule has 0 spiro atoms. The first-order valence-electron chi connectivity index (χ1n) is 5.80. The van der Waals surface area contributed by atoms with Crippen LogP contribution in [0.4, 0.5) is 0 Å². The largest absolute Gasteiger partial charge is 0.481 e. The average molecular weight is 353 g/mol. The van der Waals surface area contributed by atoms with Crippen molar-refractivity contribution in [1.82, 2.24) is 4.90 Å². The van der Waals surface area contributed by atoms with Crippen molar-refractivity contribution < 1.29 is 9.90 Å². The van der Waals surface area contributed by atoms with Crippen LogP contribution in [-0.4, -0.2) is 29.1 Å². The van der Waals surface area contributed by atoms with Crippen LogP contribution in [0.1, 0.15) is 24.6 Å². The fourth-order valence-electron chi connectivity index (χ4n) is 2.34. The number of carbonyl (C=O) groups is 1. The zero-order valence-electron chi connectivity index (χ0n) is 10.1. The van der Waals surface area contributed by atoms with Crippen LogP contribution in [-0.2, 0) is 11.3 Å². The molecular weight excluding hydrogens is 338 g/mol. The Labute approximate surface area is 124 Å². The lowest BCUT2D eigenvalue weighted by Crippen LogP contribution is -2.45. The number of aliphatic carboxylic acids is 1. The number of nitrogens with zero attached hydrogens (tertiary/aromatic N) is 1. The van der Waals surface area contributed by atoms with E-state index in [4.69, 9.17) is 11.6 Å². The van der Waals surface area contributed by atoms with Crippen molar-refractivity contribution in [2.75, 3.05) is 13.1 Å². The highest BCUT2D eigenvalue weighted by molar-refractivity contribution is 9.10. The molecule has 0 bridgehead atoms. The molecule has 1 aliphatic rings. The van der Waals surface area contributed by atoms with Crippen LogP contribution >= 0.6 is 38.9 Å². The average Bonchev–Trinajstić information content (AvgIpc) is 2.57. The first-order valence-corrected chi connectivity index (χ1v) is 7.79. The highest BCUT2D eigenvalue weighted by Crippen LogP contribution is 2.35. The summed E-state index contributed by atoms with van der Waals surface area (Å²) in [5, 5.41) is 9.28. The highest BCUT2D eigenvalue weighted by atomic mass is 79.9. The molecule has 1 N–H and O–H groups in total. The van der Waals surface area contributed by atoms with E-state index in [0.717, 1.165) is 34.7 Å². The predicted molar refractivity (Wildman–Crippen MR) is 77.3 cm³/mol. The minimum atomic E-state index is -0.697. The minimum absolute atomic E-state index is 0.607. The van der Waals surface area contributed by atoms with Crippen LogP contribution in [0.5, 0.6) is 0 Å². The van der Waals surface area contributed by atoms with Crippen LogP contribution < -0.4 is 0 Å². The predicted octanol–water partition coefficient (Wildman–Crippen LogP) is 3.85. The molecule has 3 nitrogen and oxygen atoms in total. The molecule has 0 aromatic carbocycles. The molecule has 0 amide bonds. The van der Waals surface area contributed by atoms with Gasteiger partial charge in [0.15, 0.2) is 0 Å². The maximum absolute atomic E-state index is 11.3. The maximum Gasteiger partial charge on any atom is 0.310 e. The third-order valence-corrected chi connectivity index (χ3v) is 5.83. The Morgan fingerprint density at radius 1 is 1.72 bits per heavy atom. The highest BCUT2D eigenvalue weighted by Gasteiger charge is 2.37. The van der Waals surface area contributed by atoms with Crippen LogP contribution in [0.2, 0.25) is 4.34 Å². The molecule has 1 unspecified atom stereocenters. The number of thiophene rings is 1. The van der Waals surface area contributed by atoms with Crippen LogP contribution in [0.15, 0.2) is 10.5 Å². The van der Waals surface area contributed by atoms with Gasteiger partial charge in [-0.25, -0.2) is 0 Å². The van der Waals surface area contributed by atoms with Crippen LogP contribution in [0.3, 0.4) is 0 Å². The number of hydrogen-bond donors (Lipinski definition) is 1. The lowest BCUT2D eigenvalue weighted by molar-refractivity contribution is -0.151. The zero-order valence-corrected chi connectivity index (χ0v) is 13.2. The summed E-state index contributed by atoms with van der Waals surface area (Å²) < 4.78 is 1.67. The summed E-state index contributed by atoms with van der Waals surface area (Å²) in [6.45, 7) is 4.17. The Hall–Kier alpha value is -0.100. The molecule has 1 saturated heterocycles. The van der Waals surface area contributed by atoms with Gasteiger partial charge in [-0.05, 0) is 48.3 Å². The van der Waals surface area contributed by atoms with Gasteiger partial charge in [-0.3, -0.25) is 9.69 Å². The van der Waals surface area contributed by atoms with Crippen molar-refractivity contribution in [1.29, 1.82) is 0 Å². The molecule has 100 valence electrons. The maximum atomic E-state index is 11.3. The molecule has 1 aliphatic heterocycles. The van der Waals surface area contributed by atoms with Gasteiger partial charge in [0.2, 0.25) is 0 Å².